The van der Waals surface area contributed by atoms with E-state index < -0.39 is 0 Å². The maximum atomic E-state index is 3.65. The van der Waals surface area contributed by atoms with Crippen LogP contribution < -0.4 is 5.32 Å². The average molecular weight is 275 g/mol. The molecule has 0 saturated heterocycles. The van der Waals surface area contributed by atoms with Crippen molar-refractivity contribution in [2.45, 2.75) is 54.9 Å². The molecular weight excluding hydrogens is 242 g/mol. The fourth-order valence-corrected chi connectivity index (χ4v) is 2.65. The van der Waals surface area contributed by atoms with E-state index in [9.17, 15) is 0 Å². The standard InChI is InChI=1S/C19H33N/c1-14(2)12-20-13-17(19(5,6)7)11-18-15(3)9-8-10-16(18)4/h8-10,14,17,20H,11-13H2,1-7H3. The van der Waals surface area contributed by atoms with E-state index in [0.717, 1.165) is 19.0 Å². The fraction of sp³-hybridized carbons (Fsp3) is 0.684. The van der Waals surface area contributed by atoms with E-state index in [2.05, 4.69) is 72.0 Å². The van der Waals surface area contributed by atoms with E-state index in [0.29, 0.717) is 11.3 Å². The number of hydrogen-bond acceptors (Lipinski definition) is 1. The van der Waals surface area contributed by atoms with Gasteiger partial charge in [0.1, 0.15) is 0 Å². The first kappa shape index (κ1) is 17.2. The number of hydrogen-bond donors (Lipinski definition) is 1. The Bertz CT molecular complexity index is 392. The molecule has 0 bridgehead atoms. The number of nitrogens with one attached hydrogen (secondary N) is 1. The van der Waals surface area contributed by atoms with Gasteiger partial charge in [-0.2, -0.15) is 0 Å². The lowest BCUT2D eigenvalue weighted by Crippen LogP contribution is -2.35. The van der Waals surface area contributed by atoms with Gasteiger partial charge in [0.15, 0.2) is 0 Å². The second kappa shape index (κ2) is 7.26. The third kappa shape index (κ3) is 5.28. The Balaban J connectivity index is 2.80. The summed E-state index contributed by atoms with van der Waals surface area (Å²) in [5.74, 6) is 1.39. The monoisotopic (exact) mass is 275 g/mol. The number of rotatable bonds is 6. The van der Waals surface area contributed by atoms with Gasteiger partial charge in [-0.15, -0.1) is 0 Å². The summed E-state index contributed by atoms with van der Waals surface area (Å²) in [4.78, 5) is 0. The van der Waals surface area contributed by atoms with Crippen LogP contribution >= 0.6 is 0 Å². The van der Waals surface area contributed by atoms with E-state index in [1.807, 2.05) is 0 Å². The van der Waals surface area contributed by atoms with Crippen molar-refractivity contribution < 1.29 is 0 Å². The predicted octanol–water partition coefficient (Wildman–Crippen LogP) is 4.75. The van der Waals surface area contributed by atoms with Crippen molar-refractivity contribution in [1.82, 2.24) is 5.32 Å². The minimum atomic E-state index is 0.332. The van der Waals surface area contributed by atoms with Crippen LogP contribution in [-0.2, 0) is 6.42 Å². The smallest absolute Gasteiger partial charge is 0.00122 e. The molecule has 0 amide bonds. The molecule has 1 atom stereocenters. The van der Waals surface area contributed by atoms with Crippen molar-refractivity contribution in [2.24, 2.45) is 17.3 Å². The molecule has 0 heterocycles. The number of aryl methyl sites for hydroxylation is 2. The molecule has 1 aromatic rings. The van der Waals surface area contributed by atoms with Crippen molar-refractivity contribution >= 4 is 0 Å². The van der Waals surface area contributed by atoms with Crippen LogP contribution in [0.1, 0.15) is 51.3 Å². The summed E-state index contributed by atoms with van der Waals surface area (Å²) in [6.07, 6.45) is 1.17. The van der Waals surface area contributed by atoms with Gasteiger partial charge in [0.05, 0.1) is 0 Å². The van der Waals surface area contributed by atoms with Crippen molar-refractivity contribution in [3.8, 4) is 0 Å². The van der Waals surface area contributed by atoms with Gasteiger partial charge in [-0.25, -0.2) is 0 Å². The Morgan fingerprint density at radius 1 is 1.00 bits per heavy atom. The van der Waals surface area contributed by atoms with Crippen molar-refractivity contribution in [2.75, 3.05) is 13.1 Å². The Morgan fingerprint density at radius 3 is 2.00 bits per heavy atom. The van der Waals surface area contributed by atoms with E-state index in [1.54, 1.807) is 5.56 Å². The Kier molecular flexibility index (Phi) is 6.26. The second-order valence-electron chi connectivity index (χ2n) is 7.69. The minimum Gasteiger partial charge on any atom is -0.316 e. The molecule has 1 N–H and O–H groups in total. The van der Waals surface area contributed by atoms with Gasteiger partial charge in [0.25, 0.3) is 0 Å². The number of benzene rings is 1. The molecule has 0 aliphatic rings. The van der Waals surface area contributed by atoms with E-state index in [-0.39, 0.29) is 0 Å². The molecule has 0 aliphatic carbocycles. The largest absolute Gasteiger partial charge is 0.316 e. The van der Waals surface area contributed by atoms with Crippen molar-refractivity contribution in [3.05, 3.63) is 34.9 Å². The normalized spacial score (nSPS) is 13.8. The first-order valence-corrected chi connectivity index (χ1v) is 7.97. The summed E-state index contributed by atoms with van der Waals surface area (Å²) >= 11 is 0. The van der Waals surface area contributed by atoms with Gasteiger partial charge in [-0.3, -0.25) is 0 Å². The Hall–Kier alpha value is -0.820. The van der Waals surface area contributed by atoms with Crippen LogP contribution in [-0.4, -0.2) is 13.1 Å². The lowest BCUT2D eigenvalue weighted by atomic mass is 9.76. The van der Waals surface area contributed by atoms with Crippen LogP contribution in [0.25, 0.3) is 0 Å². The molecule has 1 heteroatoms. The van der Waals surface area contributed by atoms with E-state index in [1.165, 1.54) is 17.5 Å². The zero-order valence-electron chi connectivity index (χ0n) is 14.5. The van der Waals surface area contributed by atoms with Crippen LogP contribution in [0, 0.1) is 31.1 Å². The first-order valence-electron chi connectivity index (χ1n) is 7.97. The molecule has 1 unspecified atom stereocenters. The third-order valence-corrected chi connectivity index (χ3v) is 4.26. The van der Waals surface area contributed by atoms with Crippen LogP contribution in [0.5, 0.6) is 0 Å². The quantitative estimate of drug-likeness (QED) is 0.789. The summed E-state index contributed by atoms with van der Waals surface area (Å²) in [5, 5.41) is 3.65. The second-order valence-corrected chi connectivity index (χ2v) is 7.69. The molecule has 0 saturated carbocycles. The summed E-state index contributed by atoms with van der Waals surface area (Å²) < 4.78 is 0. The maximum Gasteiger partial charge on any atom is -0.00122 e. The van der Waals surface area contributed by atoms with Crippen molar-refractivity contribution in [1.29, 1.82) is 0 Å². The maximum absolute atomic E-state index is 3.65. The summed E-state index contributed by atoms with van der Waals surface area (Å²) in [7, 11) is 0. The van der Waals surface area contributed by atoms with Gasteiger partial charge in [0, 0.05) is 0 Å². The van der Waals surface area contributed by atoms with Crippen molar-refractivity contribution in [3.63, 3.8) is 0 Å². The molecule has 0 spiro atoms. The third-order valence-electron chi connectivity index (χ3n) is 4.26. The Labute approximate surface area is 126 Å². The zero-order chi connectivity index (χ0) is 15.3. The highest BCUT2D eigenvalue weighted by molar-refractivity contribution is 5.34. The molecule has 0 radical (unpaired) electrons. The molecule has 0 aromatic heterocycles. The van der Waals surface area contributed by atoms with Crippen LogP contribution in [0.4, 0.5) is 0 Å². The SMILES string of the molecule is Cc1cccc(C)c1CC(CNCC(C)C)C(C)(C)C. The molecule has 1 nitrogen and oxygen atoms in total. The zero-order valence-corrected chi connectivity index (χ0v) is 14.5. The lowest BCUT2D eigenvalue weighted by Gasteiger charge is -2.32. The highest BCUT2D eigenvalue weighted by Crippen LogP contribution is 2.30. The minimum absolute atomic E-state index is 0.332. The van der Waals surface area contributed by atoms with Gasteiger partial charge in [-0.1, -0.05) is 52.8 Å². The van der Waals surface area contributed by atoms with Gasteiger partial charge < -0.3 is 5.32 Å². The van der Waals surface area contributed by atoms with Crippen LogP contribution in [0.15, 0.2) is 18.2 Å². The molecule has 1 aromatic carbocycles. The molecular formula is C19H33N. The molecule has 114 valence electrons. The fourth-order valence-electron chi connectivity index (χ4n) is 2.65. The van der Waals surface area contributed by atoms with Gasteiger partial charge >= 0.3 is 0 Å². The first-order chi connectivity index (χ1) is 9.21. The summed E-state index contributed by atoms with van der Waals surface area (Å²) in [5.41, 5.74) is 4.74. The van der Waals surface area contributed by atoms with Gasteiger partial charge in [-0.05, 0) is 67.3 Å². The highest BCUT2D eigenvalue weighted by Gasteiger charge is 2.25. The summed E-state index contributed by atoms with van der Waals surface area (Å²) in [6.45, 7) is 18.3. The highest BCUT2D eigenvalue weighted by atomic mass is 14.9. The topological polar surface area (TPSA) is 12.0 Å². The van der Waals surface area contributed by atoms with Crippen LogP contribution in [0.3, 0.4) is 0 Å². The van der Waals surface area contributed by atoms with Gasteiger partial charge in [0.2, 0.25) is 0 Å². The molecule has 0 fully saturated rings. The predicted molar refractivity (Wildman–Crippen MR) is 90.3 cm³/mol. The van der Waals surface area contributed by atoms with E-state index >= 15 is 0 Å². The summed E-state index contributed by atoms with van der Waals surface area (Å²) in [6, 6.07) is 6.64. The average Bonchev–Trinajstić information content (AvgIpc) is 2.29. The lowest BCUT2D eigenvalue weighted by molar-refractivity contribution is 0.228. The Morgan fingerprint density at radius 2 is 1.55 bits per heavy atom. The molecule has 0 aliphatic heterocycles. The molecule has 1 rings (SSSR count). The van der Waals surface area contributed by atoms with Crippen LogP contribution in [0.2, 0.25) is 0 Å². The van der Waals surface area contributed by atoms with E-state index in [4.69, 9.17) is 0 Å². The molecule has 20 heavy (non-hydrogen) atoms.